The molecule has 0 aliphatic rings. The molecule has 5 aromatic rings. The number of aromatic nitrogens is 3. The molecule has 1 amide bonds. The van der Waals surface area contributed by atoms with E-state index in [-0.39, 0.29) is 11.1 Å². The molecule has 0 fully saturated rings. The molecule has 1 N–H and O–H groups in total. The lowest BCUT2D eigenvalue weighted by atomic mass is 10.1. The Bertz CT molecular complexity index is 1390. The molecule has 0 radical (unpaired) electrons. The number of carbonyl (C=O) groups is 1. The Morgan fingerprint density at radius 1 is 1.00 bits per heavy atom. The van der Waals surface area contributed by atoms with Crippen LogP contribution in [0.15, 0.2) is 66.9 Å². The van der Waals surface area contributed by atoms with Gasteiger partial charge in [-0.2, -0.15) is 0 Å². The number of fused-ring (bicyclic) bond motifs is 5. The van der Waals surface area contributed by atoms with Gasteiger partial charge in [-0.15, -0.1) is 0 Å². The molecule has 6 heteroatoms. The lowest BCUT2D eigenvalue weighted by Gasteiger charge is -2.09. The number of aryl methyl sites for hydroxylation is 1. The summed E-state index contributed by atoms with van der Waals surface area (Å²) >= 11 is 6.13. The van der Waals surface area contributed by atoms with Crippen LogP contribution in [0.4, 0.5) is 5.69 Å². The summed E-state index contributed by atoms with van der Waals surface area (Å²) < 4.78 is 2.08. The normalized spacial score (nSPS) is 11.4. The van der Waals surface area contributed by atoms with E-state index in [0.29, 0.717) is 5.56 Å². The number of carbonyl (C=O) groups excluding carboxylic acids is 1. The van der Waals surface area contributed by atoms with Crippen LogP contribution < -0.4 is 5.32 Å². The molecule has 0 aliphatic carbocycles. The Balaban J connectivity index is 1.84. The van der Waals surface area contributed by atoms with Crippen LogP contribution in [0, 0.1) is 6.92 Å². The summed E-state index contributed by atoms with van der Waals surface area (Å²) in [5.74, 6) is 0.555. The van der Waals surface area contributed by atoms with Gasteiger partial charge in [-0.1, -0.05) is 48.0 Å². The first kappa shape index (κ1) is 16.7. The van der Waals surface area contributed by atoms with Crippen LogP contribution >= 0.6 is 11.6 Å². The molecular formula is C22H15ClN4O. The van der Waals surface area contributed by atoms with Crippen molar-refractivity contribution in [3.8, 4) is 0 Å². The van der Waals surface area contributed by atoms with Gasteiger partial charge in [-0.25, -0.2) is 9.97 Å². The zero-order chi connectivity index (χ0) is 19.3. The van der Waals surface area contributed by atoms with Crippen molar-refractivity contribution in [2.24, 2.45) is 0 Å². The van der Waals surface area contributed by atoms with E-state index in [9.17, 15) is 4.79 Å². The largest absolute Gasteiger partial charge is 0.319 e. The Morgan fingerprint density at radius 2 is 1.75 bits per heavy atom. The van der Waals surface area contributed by atoms with Crippen LogP contribution in [0.5, 0.6) is 0 Å². The maximum atomic E-state index is 13.0. The Labute approximate surface area is 165 Å². The predicted octanol–water partition coefficient (Wildman–Crippen LogP) is 5.25. The highest BCUT2D eigenvalue weighted by Crippen LogP contribution is 2.36. The van der Waals surface area contributed by atoms with E-state index in [1.807, 2.05) is 55.5 Å². The summed E-state index contributed by atoms with van der Waals surface area (Å²) in [7, 11) is 0. The van der Waals surface area contributed by atoms with Crippen LogP contribution in [-0.2, 0) is 0 Å². The minimum atomic E-state index is -0.296. The molecule has 0 unspecified atom stereocenters. The topological polar surface area (TPSA) is 59.3 Å². The molecule has 0 aliphatic heterocycles. The number of benzene rings is 2. The van der Waals surface area contributed by atoms with Crippen LogP contribution in [-0.4, -0.2) is 20.3 Å². The minimum absolute atomic E-state index is 0.176. The van der Waals surface area contributed by atoms with Gasteiger partial charge in [0.15, 0.2) is 0 Å². The van der Waals surface area contributed by atoms with Gasteiger partial charge in [0.25, 0.3) is 5.91 Å². The van der Waals surface area contributed by atoms with Crippen molar-refractivity contribution in [3.05, 3.63) is 83.4 Å². The zero-order valence-corrected chi connectivity index (χ0v) is 15.7. The molecule has 5 rings (SSSR count). The summed E-state index contributed by atoms with van der Waals surface area (Å²) in [6, 6.07) is 19.2. The summed E-state index contributed by atoms with van der Waals surface area (Å²) in [6.07, 6.45) is 1.56. The average molecular weight is 387 g/mol. The summed E-state index contributed by atoms with van der Waals surface area (Å²) in [4.78, 5) is 21.7. The van der Waals surface area contributed by atoms with Crippen molar-refractivity contribution in [2.45, 2.75) is 6.92 Å². The smallest absolute Gasteiger partial charge is 0.258 e. The Hall–Kier alpha value is -3.44. The number of nitrogens with one attached hydrogen (secondary N) is 1. The lowest BCUT2D eigenvalue weighted by molar-refractivity contribution is 0.102. The number of halogens is 1. The molecule has 3 aromatic heterocycles. The molecule has 0 spiro atoms. The number of para-hydroxylation sites is 2. The first-order valence-electron chi connectivity index (χ1n) is 8.85. The molecule has 0 saturated heterocycles. The third-order valence-electron chi connectivity index (χ3n) is 4.88. The number of hydrogen-bond donors (Lipinski definition) is 1. The minimum Gasteiger partial charge on any atom is -0.319 e. The number of hydrogen-bond acceptors (Lipinski definition) is 3. The van der Waals surface area contributed by atoms with E-state index in [1.165, 1.54) is 0 Å². The Morgan fingerprint density at radius 3 is 2.57 bits per heavy atom. The van der Waals surface area contributed by atoms with Crippen molar-refractivity contribution >= 4 is 50.5 Å². The van der Waals surface area contributed by atoms with Gasteiger partial charge in [-0.3, -0.25) is 9.20 Å². The highest BCUT2D eigenvalue weighted by atomic mass is 35.5. The van der Waals surface area contributed by atoms with Crippen LogP contribution in [0.3, 0.4) is 0 Å². The fraction of sp³-hybridized carbons (Fsp3) is 0.0455. The third kappa shape index (κ3) is 2.44. The van der Waals surface area contributed by atoms with E-state index in [0.717, 1.165) is 38.8 Å². The van der Waals surface area contributed by atoms with Crippen molar-refractivity contribution < 1.29 is 4.79 Å². The van der Waals surface area contributed by atoms with Gasteiger partial charge in [0.05, 0.1) is 27.8 Å². The van der Waals surface area contributed by atoms with Crippen molar-refractivity contribution in [1.82, 2.24) is 14.4 Å². The van der Waals surface area contributed by atoms with Crippen molar-refractivity contribution in [1.29, 1.82) is 0 Å². The lowest BCUT2D eigenvalue weighted by Crippen LogP contribution is -2.13. The van der Waals surface area contributed by atoms with E-state index < -0.39 is 0 Å². The van der Waals surface area contributed by atoms with E-state index >= 15 is 0 Å². The first-order chi connectivity index (χ1) is 13.6. The quantitative estimate of drug-likeness (QED) is 0.421. The summed E-state index contributed by atoms with van der Waals surface area (Å²) in [6.45, 7) is 1.97. The van der Waals surface area contributed by atoms with Gasteiger partial charge < -0.3 is 5.32 Å². The monoisotopic (exact) mass is 386 g/mol. The molecule has 0 atom stereocenters. The molecule has 5 nitrogen and oxygen atoms in total. The van der Waals surface area contributed by atoms with Crippen molar-refractivity contribution in [3.63, 3.8) is 0 Å². The molecule has 136 valence electrons. The highest BCUT2D eigenvalue weighted by molar-refractivity contribution is 6.33. The maximum absolute atomic E-state index is 13.0. The number of anilines is 1. The van der Waals surface area contributed by atoms with Gasteiger partial charge in [-0.05, 0) is 31.2 Å². The highest BCUT2D eigenvalue weighted by Gasteiger charge is 2.20. The second kappa shape index (κ2) is 6.32. The zero-order valence-electron chi connectivity index (χ0n) is 15.0. The fourth-order valence-corrected chi connectivity index (χ4v) is 3.89. The third-order valence-corrected chi connectivity index (χ3v) is 5.18. The van der Waals surface area contributed by atoms with Gasteiger partial charge >= 0.3 is 0 Å². The molecule has 2 aromatic carbocycles. The van der Waals surface area contributed by atoms with E-state index in [2.05, 4.69) is 14.7 Å². The number of rotatable bonds is 2. The predicted molar refractivity (Wildman–Crippen MR) is 112 cm³/mol. The maximum Gasteiger partial charge on any atom is 0.258 e. The molecule has 0 saturated carbocycles. The Kier molecular flexibility index (Phi) is 3.77. The standard InChI is InChI=1S/C22H15ClN4O/c1-13-25-17-10-4-2-7-14(17)20-19(15-8-3-5-11-18(15)27(13)20)26-22(28)16-9-6-12-24-21(16)23/h2-12H,1H3,(H,26,28). The van der Waals surface area contributed by atoms with E-state index in [1.54, 1.807) is 18.3 Å². The number of nitrogens with zero attached hydrogens (tertiary/aromatic N) is 3. The van der Waals surface area contributed by atoms with Crippen LogP contribution in [0.2, 0.25) is 5.15 Å². The number of pyridine rings is 1. The molecular weight excluding hydrogens is 372 g/mol. The van der Waals surface area contributed by atoms with Gasteiger partial charge in [0.1, 0.15) is 11.0 Å². The van der Waals surface area contributed by atoms with Crippen LogP contribution in [0.1, 0.15) is 16.2 Å². The van der Waals surface area contributed by atoms with Gasteiger partial charge in [0, 0.05) is 17.0 Å². The molecule has 0 bridgehead atoms. The fourth-order valence-electron chi connectivity index (χ4n) is 3.69. The number of amides is 1. The average Bonchev–Trinajstić information content (AvgIpc) is 3.04. The molecule has 3 heterocycles. The van der Waals surface area contributed by atoms with E-state index in [4.69, 9.17) is 16.6 Å². The SMILES string of the molecule is Cc1nc2ccccc2c2c(NC(=O)c3cccnc3Cl)c3ccccc3n12. The summed E-state index contributed by atoms with van der Waals surface area (Å²) in [5.41, 5.74) is 3.86. The van der Waals surface area contributed by atoms with Gasteiger partial charge in [0.2, 0.25) is 0 Å². The van der Waals surface area contributed by atoms with Crippen LogP contribution in [0.25, 0.3) is 27.3 Å². The summed E-state index contributed by atoms with van der Waals surface area (Å²) in [5, 5.41) is 5.16. The molecule has 28 heavy (non-hydrogen) atoms. The second-order valence-electron chi connectivity index (χ2n) is 6.55. The second-order valence-corrected chi connectivity index (χ2v) is 6.91. The first-order valence-corrected chi connectivity index (χ1v) is 9.23. The van der Waals surface area contributed by atoms with Crippen molar-refractivity contribution in [2.75, 3.05) is 5.32 Å².